The lowest BCUT2D eigenvalue weighted by molar-refractivity contribution is -0.137. The van der Waals surface area contributed by atoms with Crippen LogP contribution in [0.4, 0.5) is 24.7 Å². The molecule has 1 aliphatic heterocycles. The smallest absolute Gasteiger partial charge is 0.329 e. The van der Waals surface area contributed by atoms with Crippen LogP contribution in [0.5, 0.6) is 0 Å². The topological polar surface area (TPSA) is 49.0 Å². The van der Waals surface area contributed by atoms with E-state index in [4.69, 9.17) is 0 Å². The minimum absolute atomic E-state index is 0.215. The maximum absolute atomic E-state index is 12.9. The first-order valence-electron chi connectivity index (χ1n) is 7.39. The van der Waals surface area contributed by atoms with Crippen LogP contribution in [-0.4, -0.2) is 16.5 Å². The summed E-state index contributed by atoms with van der Waals surface area (Å²) < 4.78 is 38.7. The van der Waals surface area contributed by atoms with Crippen molar-refractivity contribution in [1.82, 2.24) is 9.97 Å². The van der Waals surface area contributed by atoms with Gasteiger partial charge in [0, 0.05) is 24.5 Å². The number of aromatic nitrogens is 2. The number of aryl methyl sites for hydroxylation is 1. The van der Waals surface area contributed by atoms with Crippen molar-refractivity contribution in [2.75, 3.05) is 11.4 Å². The Morgan fingerprint density at radius 2 is 1.91 bits per heavy atom. The van der Waals surface area contributed by atoms with Gasteiger partial charge < -0.3 is 9.88 Å². The van der Waals surface area contributed by atoms with Gasteiger partial charge in [-0.2, -0.15) is 13.2 Å². The van der Waals surface area contributed by atoms with E-state index in [2.05, 4.69) is 9.97 Å². The molecule has 0 bridgehead atoms. The van der Waals surface area contributed by atoms with Gasteiger partial charge in [0.05, 0.1) is 11.3 Å². The van der Waals surface area contributed by atoms with Gasteiger partial charge in [0.2, 0.25) is 5.56 Å². The van der Waals surface area contributed by atoms with Crippen molar-refractivity contribution >= 4 is 11.5 Å². The molecule has 1 aliphatic rings. The Hall–Kier alpha value is -2.31. The summed E-state index contributed by atoms with van der Waals surface area (Å²) in [6.07, 6.45) is -2.17. The molecule has 0 aliphatic carbocycles. The highest BCUT2D eigenvalue weighted by Crippen LogP contribution is 2.36. The van der Waals surface area contributed by atoms with E-state index in [0.717, 1.165) is 17.7 Å². The predicted molar refractivity (Wildman–Crippen MR) is 83.1 cm³/mol. The summed E-state index contributed by atoms with van der Waals surface area (Å²) in [5.74, 6) is 0.215. The van der Waals surface area contributed by atoms with Crippen molar-refractivity contribution in [1.29, 1.82) is 0 Å². The van der Waals surface area contributed by atoms with E-state index in [0.29, 0.717) is 18.7 Å². The molecule has 3 heterocycles. The molecular weight excluding hydrogens is 307 g/mol. The largest absolute Gasteiger partial charge is 0.416 e. The van der Waals surface area contributed by atoms with E-state index >= 15 is 0 Å². The molecule has 7 heteroatoms. The molecule has 0 aromatic carbocycles. The molecule has 0 radical (unpaired) electrons. The highest BCUT2D eigenvalue weighted by atomic mass is 19.4. The maximum atomic E-state index is 12.9. The molecule has 0 saturated heterocycles. The quantitative estimate of drug-likeness (QED) is 0.867. The highest BCUT2D eigenvalue weighted by Gasteiger charge is 2.32. The van der Waals surface area contributed by atoms with Crippen molar-refractivity contribution < 1.29 is 13.2 Å². The molecule has 0 saturated carbocycles. The molecule has 1 N–H and O–H groups in total. The molecule has 0 amide bonds. The van der Waals surface area contributed by atoms with Gasteiger partial charge in [-0.3, -0.25) is 4.79 Å². The van der Waals surface area contributed by atoms with Gasteiger partial charge >= 0.3 is 6.18 Å². The first-order valence-corrected chi connectivity index (χ1v) is 7.39. The Labute approximate surface area is 132 Å². The van der Waals surface area contributed by atoms with E-state index in [1.165, 1.54) is 13.0 Å². The number of anilines is 2. The van der Waals surface area contributed by atoms with Crippen molar-refractivity contribution in [3.8, 4) is 0 Å². The average molecular weight is 325 g/mol. The Morgan fingerprint density at radius 3 is 2.57 bits per heavy atom. The van der Waals surface area contributed by atoms with Gasteiger partial charge in [-0.15, -0.1) is 0 Å². The number of H-pyrrole nitrogens is 1. The summed E-state index contributed by atoms with van der Waals surface area (Å²) in [6, 6.07) is 3.42. The van der Waals surface area contributed by atoms with Crippen LogP contribution in [0.3, 0.4) is 0 Å². The molecular formula is C16H18F3N3O. The molecule has 124 valence electrons. The van der Waals surface area contributed by atoms with Crippen molar-refractivity contribution in [3.63, 3.8) is 0 Å². The van der Waals surface area contributed by atoms with Crippen LogP contribution in [0.2, 0.25) is 0 Å². The van der Waals surface area contributed by atoms with E-state index in [-0.39, 0.29) is 17.1 Å². The van der Waals surface area contributed by atoms with Crippen LogP contribution in [0.25, 0.3) is 0 Å². The zero-order valence-corrected chi connectivity index (χ0v) is 13.2. The van der Waals surface area contributed by atoms with Gasteiger partial charge in [-0.1, -0.05) is 13.8 Å². The minimum atomic E-state index is -4.42. The lowest BCUT2D eigenvalue weighted by atomic mass is 10.2. The van der Waals surface area contributed by atoms with Crippen LogP contribution in [0.1, 0.15) is 30.7 Å². The second-order valence-corrected chi connectivity index (χ2v) is 4.96. The maximum Gasteiger partial charge on any atom is 0.416 e. The number of halogens is 3. The molecule has 0 unspecified atom stereocenters. The van der Waals surface area contributed by atoms with Crippen molar-refractivity contribution in [2.45, 2.75) is 33.4 Å². The van der Waals surface area contributed by atoms with Crippen molar-refractivity contribution in [2.24, 2.45) is 0 Å². The first-order chi connectivity index (χ1) is 10.8. The van der Waals surface area contributed by atoms with Crippen LogP contribution in [0, 0.1) is 6.92 Å². The summed E-state index contributed by atoms with van der Waals surface area (Å²) >= 11 is 0. The zero-order valence-electron chi connectivity index (χ0n) is 13.2. The lowest BCUT2D eigenvalue weighted by Crippen LogP contribution is -2.18. The highest BCUT2D eigenvalue weighted by molar-refractivity contribution is 5.67. The summed E-state index contributed by atoms with van der Waals surface area (Å²) in [7, 11) is 0. The van der Waals surface area contributed by atoms with Gasteiger partial charge in [-0.05, 0) is 31.0 Å². The van der Waals surface area contributed by atoms with Gasteiger partial charge in [-0.25, -0.2) is 4.98 Å². The molecule has 0 spiro atoms. The third-order valence-corrected chi connectivity index (χ3v) is 3.42. The number of fused-ring (bicyclic) bond motifs is 1. The number of nitrogens with zero attached hydrogens (tertiary/aromatic N) is 2. The Bertz CT molecular complexity index is 753. The SMILES string of the molecule is CC.Cc1cc(C(F)(F)F)cc(N2CCc3c[nH]c(=O)cc32)n1. The fraction of sp³-hybridized carbons (Fsp3) is 0.375. The number of pyridine rings is 2. The lowest BCUT2D eigenvalue weighted by Gasteiger charge is -2.20. The minimum Gasteiger partial charge on any atom is -0.329 e. The van der Waals surface area contributed by atoms with Crippen LogP contribution in [-0.2, 0) is 12.6 Å². The number of hydrogen-bond acceptors (Lipinski definition) is 3. The average Bonchev–Trinajstić information content (AvgIpc) is 2.90. The summed E-state index contributed by atoms with van der Waals surface area (Å²) in [5, 5.41) is 0. The number of nitrogens with one attached hydrogen (secondary N) is 1. The van der Waals surface area contributed by atoms with Crippen molar-refractivity contribution in [3.05, 3.63) is 51.6 Å². The first kappa shape index (κ1) is 17.1. The third kappa shape index (κ3) is 3.55. The number of alkyl halides is 3. The number of hydrogen-bond donors (Lipinski definition) is 1. The standard InChI is InChI=1S/C14H12F3N3O.C2H6/c1-8-4-10(14(15,16)17)5-12(19-8)20-3-2-9-7-18-13(21)6-11(9)20;1-2/h4-7H,2-3H2,1H3,(H,18,21);1-2H3. The fourth-order valence-corrected chi connectivity index (χ4v) is 2.49. The summed E-state index contributed by atoms with van der Waals surface area (Å²) in [6.45, 7) is 6.02. The number of aromatic amines is 1. The van der Waals surface area contributed by atoms with Crippen LogP contribution >= 0.6 is 0 Å². The second-order valence-electron chi connectivity index (χ2n) is 4.96. The summed E-state index contributed by atoms with van der Waals surface area (Å²) in [4.78, 5) is 19.8. The van der Waals surface area contributed by atoms with E-state index in [9.17, 15) is 18.0 Å². The van der Waals surface area contributed by atoms with Gasteiger partial charge in [0.25, 0.3) is 0 Å². The monoisotopic (exact) mass is 325 g/mol. The van der Waals surface area contributed by atoms with E-state index in [1.54, 1.807) is 11.1 Å². The van der Waals surface area contributed by atoms with Gasteiger partial charge in [0.1, 0.15) is 5.82 Å². The third-order valence-electron chi connectivity index (χ3n) is 3.42. The van der Waals surface area contributed by atoms with Crippen LogP contribution in [0.15, 0.2) is 29.2 Å². The predicted octanol–water partition coefficient (Wildman–Crippen LogP) is 3.82. The molecule has 23 heavy (non-hydrogen) atoms. The molecule has 3 rings (SSSR count). The number of rotatable bonds is 1. The van der Waals surface area contributed by atoms with Gasteiger partial charge in [0.15, 0.2) is 0 Å². The normalized spacial score (nSPS) is 13.4. The van der Waals surface area contributed by atoms with Crippen LogP contribution < -0.4 is 10.5 Å². The fourth-order valence-electron chi connectivity index (χ4n) is 2.49. The molecule has 0 fully saturated rings. The molecule has 4 nitrogen and oxygen atoms in total. The Morgan fingerprint density at radius 1 is 1.22 bits per heavy atom. The molecule has 0 atom stereocenters. The Kier molecular flexibility index (Phi) is 4.77. The van der Waals surface area contributed by atoms with E-state index < -0.39 is 11.7 Å². The Balaban J connectivity index is 0.000000924. The molecule has 2 aromatic heterocycles. The second kappa shape index (κ2) is 6.44. The zero-order chi connectivity index (χ0) is 17.2. The summed E-state index contributed by atoms with van der Waals surface area (Å²) in [5.41, 5.74) is 0.780. The molecule has 2 aromatic rings. The van der Waals surface area contributed by atoms with E-state index in [1.807, 2.05) is 13.8 Å².